The van der Waals surface area contributed by atoms with Crippen LogP contribution in [0.5, 0.6) is 0 Å². The first kappa shape index (κ1) is 19.3. The molecule has 2 saturated heterocycles. The molecule has 1 N–H and O–H groups in total. The molecule has 6 heteroatoms. The number of carbonyl (C=O) groups is 1. The van der Waals surface area contributed by atoms with Crippen LogP contribution in [-0.4, -0.2) is 49.9 Å². The summed E-state index contributed by atoms with van der Waals surface area (Å²) in [5, 5.41) is 3.11. The van der Waals surface area contributed by atoms with Gasteiger partial charge in [0.2, 0.25) is 5.91 Å². The topological polar surface area (TPSA) is 50.8 Å². The molecule has 1 atom stereocenters. The van der Waals surface area contributed by atoms with Gasteiger partial charge in [-0.2, -0.15) is 0 Å². The summed E-state index contributed by atoms with van der Waals surface area (Å²) < 4.78 is 24.4. The molecule has 26 heavy (non-hydrogen) atoms. The van der Waals surface area contributed by atoms with E-state index in [-0.39, 0.29) is 30.0 Å². The molecule has 1 unspecified atom stereocenters. The van der Waals surface area contributed by atoms with Crippen LogP contribution in [0.15, 0.2) is 24.3 Å². The molecule has 1 aromatic carbocycles. The molecule has 0 saturated carbocycles. The molecule has 5 nitrogen and oxygen atoms in total. The van der Waals surface area contributed by atoms with Crippen LogP contribution < -0.4 is 5.32 Å². The molecule has 3 rings (SSSR count). The van der Waals surface area contributed by atoms with Crippen molar-refractivity contribution >= 4 is 5.91 Å². The maximum Gasteiger partial charge on any atom is 0.234 e. The second kappa shape index (κ2) is 8.93. The summed E-state index contributed by atoms with van der Waals surface area (Å²) in [4.78, 5) is 14.7. The zero-order valence-corrected chi connectivity index (χ0v) is 15.6. The van der Waals surface area contributed by atoms with Crippen molar-refractivity contribution in [1.82, 2.24) is 10.2 Å². The Hall–Kier alpha value is -1.50. The molecule has 1 amide bonds. The van der Waals surface area contributed by atoms with Gasteiger partial charge < -0.3 is 14.8 Å². The van der Waals surface area contributed by atoms with Crippen LogP contribution in [0.2, 0.25) is 0 Å². The first-order valence-electron chi connectivity index (χ1n) is 9.53. The van der Waals surface area contributed by atoms with Gasteiger partial charge in [-0.05, 0) is 49.5 Å². The summed E-state index contributed by atoms with van der Waals surface area (Å²) in [6.07, 6.45) is 1.92. The number of benzene rings is 1. The fraction of sp³-hybridized carbons (Fsp3) is 0.650. The van der Waals surface area contributed by atoms with Crippen LogP contribution in [-0.2, 0) is 14.3 Å². The Morgan fingerprint density at radius 2 is 1.81 bits per heavy atom. The third-order valence-corrected chi connectivity index (χ3v) is 5.24. The van der Waals surface area contributed by atoms with Crippen molar-refractivity contribution in [3.8, 4) is 0 Å². The van der Waals surface area contributed by atoms with Crippen molar-refractivity contribution in [2.45, 2.75) is 39.0 Å². The van der Waals surface area contributed by atoms with Gasteiger partial charge in [0, 0.05) is 5.92 Å². The van der Waals surface area contributed by atoms with Crippen molar-refractivity contribution in [2.75, 3.05) is 32.8 Å². The summed E-state index contributed by atoms with van der Waals surface area (Å²) in [5.74, 6) is 0.409. The number of ether oxygens (including phenoxy) is 2. The van der Waals surface area contributed by atoms with E-state index in [0.29, 0.717) is 25.7 Å². The van der Waals surface area contributed by atoms with Crippen molar-refractivity contribution in [3.05, 3.63) is 35.6 Å². The Balaban J connectivity index is 1.48. The minimum absolute atomic E-state index is 0.0137. The number of amides is 1. The SMILES string of the molecule is CC(C)C(NC(=O)CN1CCC(C2OCCO2)CC1)c1ccc(F)cc1. The van der Waals surface area contributed by atoms with Crippen molar-refractivity contribution < 1.29 is 18.7 Å². The van der Waals surface area contributed by atoms with Crippen LogP contribution in [0.1, 0.15) is 38.3 Å². The summed E-state index contributed by atoms with van der Waals surface area (Å²) >= 11 is 0. The second-order valence-electron chi connectivity index (χ2n) is 7.56. The van der Waals surface area contributed by atoms with E-state index in [4.69, 9.17) is 9.47 Å². The lowest BCUT2D eigenvalue weighted by Crippen LogP contribution is -2.44. The summed E-state index contributed by atoms with van der Waals surface area (Å²) in [7, 11) is 0. The third kappa shape index (κ3) is 5.02. The van der Waals surface area contributed by atoms with Gasteiger partial charge in [0.1, 0.15) is 5.82 Å². The highest BCUT2D eigenvalue weighted by atomic mass is 19.1. The van der Waals surface area contributed by atoms with Gasteiger partial charge in [0.25, 0.3) is 0 Å². The number of nitrogens with zero attached hydrogens (tertiary/aromatic N) is 1. The molecule has 0 radical (unpaired) electrons. The average molecular weight is 364 g/mol. The van der Waals surface area contributed by atoms with Gasteiger partial charge >= 0.3 is 0 Å². The largest absolute Gasteiger partial charge is 0.350 e. The van der Waals surface area contributed by atoms with Crippen molar-refractivity contribution in [3.63, 3.8) is 0 Å². The molecule has 2 heterocycles. The van der Waals surface area contributed by atoms with Gasteiger partial charge in [-0.25, -0.2) is 4.39 Å². The predicted molar refractivity (Wildman–Crippen MR) is 97.0 cm³/mol. The molecule has 0 aromatic heterocycles. The quantitative estimate of drug-likeness (QED) is 0.843. The lowest BCUT2D eigenvalue weighted by Gasteiger charge is -2.34. The predicted octanol–water partition coefficient (Wildman–Crippen LogP) is 2.72. The normalized spacial score (nSPS) is 21.2. The number of hydrogen-bond donors (Lipinski definition) is 1. The average Bonchev–Trinajstić information content (AvgIpc) is 3.16. The lowest BCUT2D eigenvalue weighted by atomic mass is 9.95. The van der Waals surface area contributed by atoms with Crippen molar-refractivity contribution in [1.29, 1.82) is 0 Å². The monoisotopic (exact) mass is 364 g/mol. The molecule has 2 fully saturated rings. The minimum Gasteiger partial charge on any atom is -0.350 e. The van der Waals surface area contributed by atoms with E-state index >= 15 is 0 Å². The molecular weight excluding hydrogens is 335 g/mol. The number of hydrogen-bond acceptors (Lipinski definition) is 4. The maximum atomic E-state index is 13.2. The molecule has 0 spiro atoms. The van der Waals surface area contributed by atoms with Crippen LogP contribution in [0.3, 0.4) is 0 Å². The van der Waals surface area contributed by atoms with E-state index in [1.54, 1.807) is 12.1 Å². The minimum atomic E-state index is -0.263. The Bertz CT molecular complexity index is 579. The van der Waals surface area contributed by atoms with Gasteiger partial charge in [-0.15, -0.1) is 0 Å². The van der Waals surface area contributed by atoms with E-state index in [0.717, 1.165) is 31.5 Å². The molecule has 144 valence electrons. The molecule has 1 aromatic rings. The number of piperidine rings is 1. The van der Waals surface area contributed by atoms with Crippen LogP contribution in [0.25, 0.3) is 0 Å². The van der Waals surface area contributed by atoms with Gasteiger partial charge in [-0.1, -0.05) is 26.0 Å². The van der Waals surface area contributed by atoms with Crippen LogP contribution >= 0.6 is 0 Å². The lowest BCUT2D eigenvalue weighted by molar-refractivity contribution is -0.125. The van der Waals surface area contributed by atoms with E-state index in [1.807, 2.05) is 0 Å². The highest BCUT2D eigenvalue weighted by molar-refractivity contribution is 5.78. The van der Waals surface area contributed by atoms with Crippen molar-refractivity contribution in [2.24, 2.45) is 11.8 Å². The number of carbonyl (C=O) groups excluding carboxylic acids is 1. The van der Waals surface area contributed by atoms with Crippen LogP contribution in [0, 0.1) is 17.7 Å². The summed E-state index contributed by atoms with van der Waals surface area (Å²) in [6, 6.07) is 6.26. The molecule has 0 bridgehead atoms. The standard InChI is InChI=1S/C20H29FN2O3/c1-14(2)19(15-3-5-17(21)6-4-15)22-18(24)13-23-9-7-16(8-10-23)20-25-11-12-26-20/h3-6,14,16,19-20H,7-13H2,1-2H3,(H,22,24). The molecular formula is C20H29FN2O3. The second-order valence-corrected chi connectivity index (χ2v) is 7.56. The van der Waals surface area contributed by atoms with E-state index < -0.39 is 0 Å². The zero-order chi connectivity index (χ0) is 18.5. The first-order chi connectivity index (χ1) is 12.5. The number of likely N-dealkylation sites (tertiary alicyclic amines) is 1. The first-order valence-corrected chi connectivity index (χ1v) is 9.53. The van der Waals surface area contributed by atoms with Gasteiger partial charge in [-0.3, -0.25) is 9.69 Å². The Morgan fingerprint density at radius 1 is 1.19 bits per heavy atom. The molecule has 0 aliphatic carbocycles. The summed E-state index contributed by atoms with van der Waals surface area (Å²) in [6.45, 7) is 7.64. The highest BCUT2D eigenvalue weighted by Gasteiger charge is 2.31. The Morgan fingerprint density at radius 3 is 2.38 bits per heavy atom. The Labute approximate surface area is 154 Å². The third-order valence-electron chi connectivity index (χ3n) is 5.24. The maximum absolute atomic E-state index is 13.2. The van der Waals surface area contributed by atoms with E-state index in [2.05, 4.69) is 24.1 Å². The zero-order valence-electron chi connectivity index (χ0n) is 15.6. The van der Waals surface area contributed by atoms with Gasteiger partial charge in [0.05, 0.1) is 25.8 Å². The van der Waals surface area contributed by atoms with Gasteiger partial charge in [0.15, 0.2) is 6.29 Å². The van der Waals surface area contributed by atoms with E-state index in [9.17, 15) is 9.18 Å². The number of halogens is 1. The number of nitrogens with one attached hydrogen (secondary N) is 1. The van der Waals surface area contributed by atoms with E-state index in [1.165, 1.54) is 12.1 Å². The smallest absolute Gasteiger partial charge is 0.234 e. The fourth-order valence-electron chi connectivity index (χ4n) is 3.76. The molecule has 2 aliphatic rings. The molecule has 2 aliphatic heterocycles. The highest BCUT2D eigenvalue weighted by Crippen LogP contribution is 2.26. The number of rotatable bonds is 6. The Kier molecular flexibility index (Phi) is 6.62. The summed E-state index contributed by atoms with van der Waals surface area (Å²) in [5.41, 5.74) is 0.934. The van der Waals surface area contributed by atoms with Crippen LogP contribution in [0.4, 0.5) is 4.39 Å². The fourth-order valence-corrected chi connectivity index (χ4v) is 3.76.